The molecule has 0 heterocycles. The number of aryl methyl sites for hydroxylation is 1. The van der Waals surface area contributed by atoms with Gasteiger partial charge >= 0.3 is 0 Å². The first-order valence-electron chi connectivity index (χ1n) is 6.50. The quantitative estimate of drug-likeness (QED) is 0.863. The third-order valence-electron chi connectivity index (χ3n) is 3.19. The molecule has 2 rings (SSSR count). The monoisotopic (exact) mass is 305 g/mol. The molecule has 0 saturated heterocycles. The molecule has 0 radical (unpaired) electrons. The predicted octanol–water partition coefficient (Wildman–Crippen LogP) is 2.90. The maximum Gasteiger partial charge on any atom is 0.161 e. The Bertz CT molecular complexity index is 671. The number of rotatable bonds is 5. The van der Waals surface area contributed by atoms with Crippen LogP contribution in [0.25, 0.3) is 0 Å². The van der Waals surface area contributed by atoms with Gasteiger partial charge in [0.15, 0.2) is 11.5 Å². The van der Waals surface area contributed by atoms with Crippen LogP contribution in [-0.2, 0) is 16.6 Å². The zero-order valence-electron chi connectivity index (χ0n) is 12.4. The summed E-state index contributed by atoms with van der Waals surface area (Å²) in [6.45, 7) is 1.91. The highest BCUT2D eigenvalue weighted by Crippen LogP contribution is 2.29. The molecular formula is C16H19NO3S. The van der Waals surface area contributed by atoms with Gasteiger partial charge in [-0.1, -0.05) is 6.07 Å². The van der Waals surface area contributed by atoms with E-state index in [-0.39, 0.29) is 0 Å². The molecule has 0 spiro atoms. The maximum absolute atomic E-state index is 12.5. The molecule has 0 aromatic heterocycles. The summed E-state index contributed by atoms with van der Waals surface area (Å²) >= 11 is 0. The summed E-state index contributed by atoms with van der Waals surface area (Å²) in [5, 5.41) is 0. The number of hydrogen-bond acceptors (Lipinski definition) is 4. The number of anilines is 1. The van der Waals surface area contributed by atoms with Crippen LogP contribution in [0.4, 0.5) is 5.69 Å². The van der Waals surface area contributed by atoms with Crippen molar-refractivity contribution in [3.05, 3.63) is 47.5 Å². The van der Waals surface area contributed by atoms with Gasteiger partial charge in [-0.15, -0.1) is 0 Å². The normalized spacial score (nSPS) is 12.0. The van der Waals surface area contributed by atoms with Gasteiger partial charge in [0.1, 0.15) is 0 Å². The highest BCUT2D eigenvalue weighted by Gasteiger charge is 2.11. The Labute approximate surface area is 127 Å². The summed E-state index contributed by atoms with van der Waals surface area (Å²) in [6, 6.07) is 11.0. The van der Waals surface area contributed by atoms with Gasteiger partial charge in [-0.3, -0.25) is 4.21 Å². The van der Waals surface area contributed by atoms with Gasteiger partial charge in [-0.2, -0.15) is 0 Å². The van der Waals surface area contributed by atoms with E-state index < -0.39 is 10.8 Å². The second kappa shape index (κ2) is 6.63. The van der Waals surface area contributed by atoms with Crippen LogP contribution in [0.3, 0.4) is 0 Å². The molecule has 4 nitrogen and oxygen atoms in total. The first-order valence-corrected chi connectivity index (χ1v) is 7.82. The van der Waals surface area contributed by atoms with E-state index in [1.807, 2.05) is 37.3 Å². The summed E-state index contributed by atoms with van der Waals surface area (Å²) < 4.78 is 23.0. The molecule has 5 heteroatoms. The molecule has 1 atom stereocenters. The fourth-order valence-electron chi connectivity index (χ4n) is 2.13. The third-order valence-corrected chi connectivity index (χ3v) is 4.73. The molecule has 0 bridgehead atoms. The molecule has 2 aromatic rings. The molecule has 2 N–H and O–H groups in total. The van der Waals surface area contributed by atoms with Gasteiger partial charge in [0.05, 0.1) is 30.8 Å². The Kier molecular flexibility index (Phi) is 4.85. The summed E-state index contributed by atoms with van der Waals surface area (Å²) in [7, 11) is 2.05. The van der Waals surface area contributed by atoms with Crippen molar-refractivity contribution >= 4 is 16.5 Å². The fraction of sp³-hybridized carbons (Fsp3) is 0.250. The van der Waals surface area contributed by atoms with E-state index in [1.165, 1.54) is 0 Å². The van der Waals surface area contributed by atoms with Crippen LogP contribution in [0, 0.1) is 6.92 Å². The number of benzene rings is 2. The Hall–Kier alpha value is -2.01. The van der Waals surface area contributed by atoms with Gasteiger partial charge < -0.3 is 15.2 Å². The van der Waals surface area contributed by atoms with Crippen LogP contribution >= 0.6 is 0 Å². The molecule has 0 aliphatic carbocycles. The minimum Gasteiger partial charge on any atom is -0.493 e. The van der Waals surface area contributed by atoms with Gasteiger partial charge in [-0.25, -0.2) is 0 Å². The molecule has 0 saturated carbocycles. The lowest BCUT2D eigenvalue weighted by atomic mass is 10.2. The van der Waals surface area contributed by atoms with Crippen LogP contribution in [0.5, 0.6) is 11.5 Å². The predicted molar refractivity (Wildman–Crippen MR) is 85.2 cm³/mol. The van der Waals surface area contributed by atoms with Crippen molar-refractivity contribution in [3.63, 3.8) is 0 Å². The topological polar surface area (TPSA) is 61.5 Å². The Morgan fingerprint density at radius 3 is 2.38 bits per heavy atom. The van der Waals surface area contributed by atoms with E-state index in [0.29, 0.717) is 22.9 Å². The van der Waals surface area contributed by atoms with Crippen LogP contribution in [-0.4, -0.2) is 18.4 Å². The molecule has 112 valence electrons. The second-order valence-electron chi connectivity index (χ2n) is 4.70. The van der Waals surface area contributed by atoms with E-state index in [9.17, 15) is 4.21 Å². The largest absolute Gasteiger partial charge is 0.493 e. The summed E-state index contributed by atoms with van der Waals surface area (Å²) in [4.78, 5) is 0.805. The van der Waals surface area contributed by atoms with E-state index >= 15 is 0 Å². The number of methoxy groups -OCH3 is 2. The molecule has 0 amide bonds. The molecule has 21 heavy (non-hydrogen) atoms. The molecule has 1 unspecified atom stereocenters. The Balaban J connectivity index is 2.23. The van der Waals surface area contributed by atoms with Gasteiger partial charge in [0.2, 0.25) is 0 Å². The molecule has 0 aliphatic rings. The molecular weight excluding hydrogens is 286 g/mol. The molecule has 0 aliphatic heterocycles. The van der Waals surface area contributed by atoms with Crippen LogP contribution in [0.15, 0.2) is 41.3 Å². The first kappa shape index (κ1) is 15.4. The average Bonchev–Trinajstić information content (AvgIpc) is 2.46. The van der Waals surface area contributed by atoms with Crippen molar-refractivity contribution in [2.45, 2.75) is 17.6 Å². The first-order chi connectivity index (χ1) is 10.0. The smallest absolute Gasteiger partial charge is 0.161 e. The van der Waals surface area contributed by atoms with Crippen molar-refractivity contribution in [1.29, 1.82) is 0 Å². The second-order valence-corrected chi connectivity index (χ2v) is 6.12. The lowest BCUT2D eigenvalue weighted by molar-refractivity contribution is 0.354. The van der Waals surface area contributed by atoms with Crippen molar-refractivity contribution in [3.8, 4) is 11.5 Å². The van der Waals surface area contributed by atoms with Crippen molar-refractivity contribution in [1.82, 2.24) is 0 Å². The standard InChI is InChI=1S/C16H19NO3S/c1-11-8-13(17)5-7-16(11)21(18)10-12-4-6-14(19-2)15(9-12)20-3/h4-9H,10,17H2,1-3H3. The maximum atomic E-state index is 12.5. The lowest BCUT2D eigenvalue weighted by Crippen LogP contribution is -2.00. The lowest BCUT2D eigenvalue weighted by Gasteiger charge is -2.10. The average molecular weight is 305 g/mol. The SMILES string of the molecule is COc1ccc(CS(=O)c2ccc(N)cc2C)cc1OC. The third kappa shape index (κ3) is 3.55. The Morgan fingerprint density at radius 1 is 1.05 bits per heavy atom. The van der Waals surface area contributed by atoms with Gasteiger partial charge in [-0.05, 0) is 48.4 Å². The van der Waals surface area contributed by atoms with Crippen molar-refractivity contribution in [2.75, 3.05) is 20.0 Å². The van der Waals surface area contributed by atoms with E-state index in [0.717, 1.165) is 16.0 Å². The van der Waals surface area contributed by atoms with Crippen LogP contribution in [0.2, 0.25) is 0 Å². The highest BCUT2D eigenvalue weighted by molar-refractivity contribution is 7.84. The summed E-state index contributed by atoms with van der Waals surface area (Å²) in [6.07, 6.45) is 0. The number of nitrogen functional groups attached to an aromatic ring is 1. The van der Waals surface area contributed by atoms with E-state index in [2.05, 4.69) is 0 Å². The zero-order chi connectivity index (χ0) is 15.4. The molecule has 0 fully saturated rings. The Morgan fingerprint density at radius 2 is 1.76 bits per heavy atom. The fourth-order valence-corrected chi connectivity index (χ4v) is 3.40. The zero-order valence-corrected chi connectivity index (χ0v) is 13.2. The minimum absolute atomic E-state index is 0.422. The van der Waals surface area contributed by atoms with Gasteiger partial charge in [0, 0.05) is 10.6 Å². The van der Waals surface area contributed by atoms with Crippen molar-refractivity contribution in [2.24, 2.45) is 0 Å². The number of ether oxygens (including phenoxy) is 2. The van der Waals surface area contributed by atoms with E-state index in [1.54, 1.807) is 20.3 Å². The number of hydrogen-bond donors (Lipinski definition) is 1. The van der Waals surface area contributed by atoms with Crippen molar-refractivity contribution < 1.29 is 13.7 Å². The summed E-state index contributed by atoms with van der Waals surface area (Å²) in [5.41, 5.74) is 8.27. The van der Waals surface area contributed by atoms with Crippen LogP contribution in [0.1, 0.15) is 11.1 Å². The summed E-state index contributed by atoms with van der Waals surface area (Å²) in [5.74, 6) is 1.72. The minimum atomic E-state index is -1.12. The number of nitrogens with two attached hydrogens (primary N) is 1. The highest BCUT2D eigenvalue weighted by atomic mass is 32.2. The van der Waals surface area contributed by atoms with E-state index in [4.69, 9.17) is 15.2 Å². The van der Waals surface area contributed by atoms with Crippen LogP contribution < -0.4 is 15.2 Å². The van der Waals surface area contributed by atoms with Gasteiger partial charge in [0.25, 0.3) is 0 Å². The molecule has 2 aromatic carbocycles.